The predicted molar refractivity (Wildman–Crippen MR) is 42.8 cm³/mol. The maximum absolute atomic E-state index is 10.8. The summed E-state index contributed by atoms with van der Waals surface area (Å²) in [5.74, 6) is 0.410. The van der Waals surface area contributed by atoms with Crippen molar-refractivity contribution in [3.63, 3.8) is 0 Å². The summed E-state index contributed by atoms with van der Waals surface area (Å²) in [6.07, 6.45) is 0. The zero-order valence-electron chi connectivity index (χ0n) is 6.09. The van der Waals surface area contributed by atoms with Gasteiger partial charge in [0.15, 0.2) is 0 Å². The minimum Gasteiger partial charge on any atom is -0.212 e. The van der Waals surface area contributed by atoms with E-state index in [2.05, 4.69) is 4.72 Å². The van der Waals surface area contributed by atoms with E-state index < -0.39 is 10.0 Å². The molecule has 0 amide bonds. The molecule has 0 saturated carbocycles. The molecule has 0 aliphatic rings. The molecule has 0 fully saturated rings. The molecule has 5 heteroatoms. The third-order valence-corrected chi connectivity index (χ3v) is 2.98. The molecule has 0 aromatic rings. The quantitative estimate of drug-likeness (QED) is 0.651. The van der Waals surface area contributed by atoms with Crippen LogP contribution in [0, 0.1) is 0 Å². The Labute approximate surface area is 66.8 Å². The molecule has 1 atom stereocenters. The lowest BCUT2D eigenvalue weighted by Gasteiger charge is -2.08. The fourth-order valence-corrected chi connectivity index (χ4v) is 1.45. The number of rotatable bonds is 4. The van der Waals surface area contributed by atoms with Crippen molar-refractivity contribution in [2.24, 2.45) is 0 Å². The van der Waals surface area contributed by atoms with E-state index in [-0.39, 0.29) is 11.8 Å². The molecule has 0 radical (unpaired) electrons. The van der Waals surface area contributed by atoms with Gasteiger partial charge in [0.25, 0.3) is 0 Å². The van der Waals surface area contributed by atoms with Crippen molar-refractivity contribution in [1.82, 2.24) is 4.72 Å². The van der Waals surface area contributed by atoms with Crippen molar-refractivity contribution in [2.45, 2.75) is 19.9 Å². The molecule has 1 N–H and O–H groups in total. The summed E-state index contributed by atoms with van der Waals surface area (Å²) in [5, 5.41) is 0. The van der Waals surface area contributed by atoms with Gasteiger partial charge in [-0.15, -0.1) is 11.6 Å². The van der Waals surface area contributed by atoms with Crippen LogP contribution in [0.2, 0.25) is 0 Å². The summed E-state index contributed by atoms with van der Waals surface area (Å²) in [7, 11) is -3.07. The van der Waals surface area contributed by atoms with E-state index >= 15 is 0 Å². The minimum absolute atomic E-state index is 0.105. The fraction of sp³-hybridized carbons (Fsp3) is 1.00. The summed E-state index contributed by atoms with van der Waals surface area (Å²) < 4.78 is 24.0. The van der Waals surface area contributed by atoms with Crippen LogP contribution in [0.5, 0.6) is 0 Å². The molecule has 3 nitrogen and oxygen atoms in total. The van der Waals surface area contributed by atoms with Gasteiger partial charge in [0, 0.05) is 11.9 Å². The van der Waals surface area contributed by atoms with E-state index in [1.54, 1.807) is 13.8 Å². The van der Waals surface area contributed by atoms with Crippen molar-refractivity contribution >= 4 is 21.6 Å². The van der Waals surface area contributed by atoms with Gasteiger partial charge in [0.1, 0.15) is 0 Å². The van der Waals surface area contributed by atoms with Gasteiger partial charge in [-0.2, -0.15) is 0 Å². The van der Waals surface area contributed by atoms with Crippen LogP contribution in [-0.2, 0) is 10.0 Å². The van der Waals surface area contributed by atoms with Gasteiger partial charge in [-0.3, -0.25) is 0 Å². The topological polar surface area (TPSA) is 46.2 Å². The Balaban J connectivity index is 3.90. The molecule has 0 aromatic carbocycles. The second kappa shape index (κ2) is 4.16. The zero-order valence-corrected chi connectivity index (χ0v) is 7.67. The molecule has 0 heterocycles. The Bertz CT molecular complexity index is 178. The highest BCUT2D eigenvalue weighted by atomic mass is 35.5. The Kier molecular flexibility index (Phi) is 4.24. The predicted octanol–water partition coefficient (Wildman–Crippen LogP) is 0.553. The highest BCUT2D eigenvalue weighted by Crippen LogP contribution is 1.90. The first-order chi connectivity index (χ1) is 4.52. The zero-order chi connectivity index (χ0) is 8.20. The summed E-state index contributed by atoms with van der Waals surface area (Å²) in [4.78, 5) is 0. The molecule has 0 saturated heterocycles. The first-order valence-electron chi connectivity index (χ1n) is 3.07. The van der Waals surface area contributed by atoms with Gasteiger partial charge < -0.3 is 0 Å². The van der Waals surface area contributed by atoms with Crippen LogP contribution in [0.25, 0.3) is 0 Å². The summed E-state index contributed by atoms with van der Waals surface area (Å²) in [6.45, 7) is 3.31. The van der Waals surface area contributed by atoms with Crippen molar-refractivity contribution in [1.29, 1.82) is 0 Å². The van der Waals surface area contributed by atoms with Crippen LogP contribution in [0.15, 0.2) is 0 Å². The van der Waals surface area contributed by atoms with Crippen LogP contribution in [0.4, 0.5) is 0 Å². The van der Waals surface area contributed by atoms with Crippen LogP contribution < -0.4 is 4.72 Å². The third-order valence-electron chi connectivity index (χ3n) is 0.992. The Morgan fingerprint density at radius 2 is 2.10 bits per heavy atom. The number of sulfonamides is 1. The van der Waals surface area contributed by atoms with E-state index in [4.69, 9.17) is 11.6 Å². The Morgan fingerprint density at radius 1 is 1.60 bits per heavy atom. The standard InChI is InChI=1S/C5H12ClNO2S/c1-3-10(8,9)7-5(2)4-6/h5,7H,3-4H2,1-2H3. The lowest BCUT2D eigenvalue weighted by atomic mass is 10.4. The van der Waals surface area contributed by atoms with Crippen molar-refractivity contribution in [3.05, 3.63) is 0 Å². The van der Waals surface area contributed by atoms with E-state index in [1.165, 1.54) is 0 Å². The first-order valence-corrected chi connectivity index (χ1v) is 5.26. The summed E-state index contributed by atoms with van der Waals surface area (Å²) >= 11 is 5.39. The van der Waals surface area contributed by atoms with Crippen LogP contribution in [0.1, 0.15) is 13.8 Å². The third kappa shape index (κ3) is 4.09. The highest BCUT2D eigenvalue weighted by Gasteiger charge is 2.09. The molecule has 0 aromatic heterocycles. The van der Waals surface area contributed by atoms with Gasteiger partial charge in [-0.05, 0) is 13.8 Å². The van der Waals surface area contributed by atoms with Crippen molar-refractivity contribution < 1.29 is 8.42 Å². The average Bonchev–Trinajstić information content (AvgIpc) is 1.87. The number of halogens is 1. The van der Waals surface area contributed by atoms with Gasteiger partial charge in [-0.1, -0.05) is 0 Å². The van der Waals surface area contributed by atoms with Crippen LogP contribution in [0.3, 0.4) is 0 Å². The van der Waals surface area contributed by atoms with E-state index in [1.807, 2.05) is 0 Å². The number of hydrogen-bond donors (Lipinski definition) is 1. The fourth-order valence-electron chi connectivity index (χ4n) is 0.421. The second-order valence-corrected chi connectivity index (χ2v) is 4.43. The molecule has 0 aliphatic carbocycles. The maximum Gasteiger partial charge on any atom is 0.211 e. The summed E-state index contributed by atoms with van der Waals surface area (Å²) in [5.41, 5.74) is 0. The smallest absolute Gasteiger partial charge is 0.211 e. The lowest BCUT2D eigenvalue weighted by molar-refractivity contribution is 0.572. The van der Waals surface area contributed by atoms with E-state index in [9.17, 15) is 8.42 Å². The largest absolute Gasteiger partial charge is 0.212 e. The van der Waals surface area contributed by atoms with Crippen LogP contribution in [-0.4, -0.2) is 26.1 Å². The molecule has 10 heavy (non-hydrogen) atoms. The first kappa shape index (κ1) is 10.2. The normalized spacial score (nSPS) is 15.1. The maximum atomic E-state index is 10.8. The molecule has 0 rings (SSSR count). The number of nitrogens with one attached hydrogen (secondary N) is 1. The molecule has 62 valence electrons. The van der Waals surface area contributed by atoms with Crippen LogP contribution >= 0.6 is 11.6 Å². The van der Waals surface area contributed by atoms with Gasteiger partial charge in [0.2, 0.25) is 10.0 Å². The highest BCUT2D eigenvalue weighted by molar-refractivity contribution is 7.89. The molecular weight excluding hydrogens is 174 g/mol. The van der Waals surface area contributed by atoms with Crippen molar-refractivity contribution in [3.8, 4) is 0 Å². The molecule has 0 bridgehead atoms. The SMILES string of the molecule is CCS(=O)(=O)NC(C)CCl. The lowest BCUT2D eigenvalue weighted by Crippen LogP contribution is -2.34. The van der Waals surface area contributed by atoms with E-state index in [0.29, 0.717) is 5.88 Å². The number of hydrogen-bond acceptors (Lipinski definition) is 2. The van der Waals surface area contributed by atoms with Gasteiger partial charge in [0.05, 0.1) is 5.75 Å². The Morgan fingerprint density at radius 3 is 2.40 bits per heavy atom. The summed E-state index contributed by atoms with van der Waals surface area (Å²) in [6, 6.07) is -0.174. The second-order valence-electron chi connectivity index (χ2n) is 2.08. The molecular formula is C5H12ClNO2S. The average molecular weight is 186 g/mol. The van der Waals surface area contributed by atoms with Gasteiger partial charge >= 0.3 is 0 Å². The Hall–Kier alpha value is 0.200. The monoisotopic (exact) mass is 185 g/mol. The molecule has 0 spiro atoms. The minimum atomic E-state index is -3.07. The molecule has 0 aliphatic heterocycles. The number of alkyl halides is 1. The van der Waals surface area contributed by atoms with Gasteiger partial charge in [-0.25, -0.2) is 13.1 Å². The molecule has 1 unspecified atom stereocenters. The van der Waals surface area contributed by atoms with E-state index in [0.717, 1.165) is 0 Å². The van der Waals surface area contributed by atoms with Crippen molar-refractivity contribution in [2.75, 3.05) is 11.6 Å².